The highest BCUT2D eigenvalue weighted by Gasteiger charge is 2.57. The van der Waals surface area contributed by atoms with Crippen LogP contribution in [0.3, 0.4) is 0 Å². The molecule has 1 aromatic heterocycles. The first-order valence-electron chi connectivity index (χ1n) is 7.87. The topological polar surface area (TPSA) is 76.9 Å². The number of hydrogen-bond donors (Lipinski definition) is 0. The summed E-state index contributed by atoms with van der Waals surface area (Å²) in [5, 5.41) is 4.17. The van der Waals surface area contributed by atoms with Crippen molar-refractivity contribution in [2.24, 2.45) is 0 Å². The number of aromatic nitrogens is 3. The summed E-state index contributed by atoms with van der Waals surface area (Å²) in [7, 11) is -0.376. The highest BCUT2D eigenvalue weighted by atomic mass is 16.7. The fourth-order valence-corrected chi connectivity index (χ4v) is 3.26. The van der Waals surface area contributed by atoms with Crippen LogP contribution in [0.1, 0.15) is 20.1 Å². The molecule has 0 amide bonds. The second-order valence-electron chi connectivity index (χ2n) is 5.75. The first kappa shape index (κ1) is 14.6. The Labute approximate surface area is 129 Å². The van der Waals surface area contributed by atoms with E-state index in [4.69, 9.17) is 23.4 Å². The molecule has 5 unspecified atom stereocenters. The summed E-state index contributed by atoms with van der Waals surface area (Å²) < 4.78 is 31.3. The van der Waals surface area contributed by atoms with Crippen LogP contribution in [0.2, 0.25) is 12.6 Å². The molecular formula is C12H19B2N3O5. The van der Waals surface area contributed by atoms with Crippen molar-refractivity contribution in [3.63, 3.8) is 0 Å². The monoisotopic (exact) mass is 307 g/mol. The van der Waals surface area contributed by atoms with Gasteiger partial charge in [0.2, 0.25) is 0 Å². The van der Waals surface area contributed by atoms with Crippen molar-refractivity contribution in [2.45, 2.75) is 57.1 Å². The highest BCUT2D eigenvalue weighted by molar-refractivity contribution is 6.45. The molecule has 118 valence electrons. The normalized spacial score (nSPS) is 38.0. The van der Waals surface area contributed by atoms with Crippen LogP contribution in [0.15, 0.2) is 12.7 Å². The maximum atomic E-state index is 6.15. The van der Waals surface area contributed by atoms with Crippen LogP contribution in [0, 0.1) is 0 Å². The summed E-state index contributed by atoms with van der Waals surface area (Å²) in [6, 6.07) is 0. The fraction of sp³-hybridized carbons (Fsp3) is 0.833. The molecule has 3 aliphatic rings. The van der Waals surface area contributed by atoms with E-state index in [1.54, 1.807) is 11.0 Å². The van der Waals surface area contributed by atoms with E-state index in [1.165, 1.54) is 6.33 Å². The lowest BCUT2D eigenvalue weighted by Gasteiger charge is -2.23. The number of fused-ring (bicyclic) bond motifs is 1. The fourth-order valence-electron chi connectivity index (χ4n) is 3.26. The third kappa shape index (κ3) is 2.39. The van der Waals surface area contributed by atoms with Crippen molar-refractivity contribution in [3.05, 3.63) is 12.7 Å². The third-order valence-corrected chi connectivity index (χ3v) is 4.35. The van der Waals surface area contributed by atoms with Gasteiger partial charge in [0.15, 0.2) is 6.23 Å². The summed E-state index contributed by atoms with van der Waals surface area (Å²) in [6.45, 7) is 4.58. The molecule has 1 aromatic rings. The van der Waals surface area contributed by atoms with Crippen LogP contribution < -0.4 is 0 Å². The molecule has 4 heterocycles. The zero-order chi connectivity index (χ0) is 15.1. The van der Waals surface area contributed by atoms with Crippen molar-refractivity contribution in [2.75, 3.05) is 6.61 Å². The van der Waals surface area contributed by atoms with Gasteiger partial charge in [-0.25, -0.2) is 9.67 Å². The second-order valence-corrected chi connectivity index (χ2v) is 5.75. The van der Waals surface area contributed by atoms with Gasteiger partial charge in [-0.2, -0.15) is 5.10 Å². The molecule has 22 heavy (non-hydrogen) atoms. The first-order chi connectivity index (χ1) is 10.8. The van der Waals surface area contributed by atoms with Crippen molar-refractivity contribution in [3.8, 4) is 0 Å². The molecule has 8 nitrogen and oxygen atoms in total. The lowest BCUT2D eigenvalue weighted by Crippen LogP contribution is -2.39. The molecule has 0 aromatic carbocycles. The van der Waals surface area contributed by atoms with Crippen molar-refractivity contribution in [1.82, 2.24) is 14.8 Å². The molecule has 0 radical (unpaired) electrons. The molecule has 0 saturated carbocycles. The van der Waals surface area contributed by atoms with Crippen LogP contribution >= 0.6 is 0 Å². The van der Waals surface area contributed by atoms with Gasteiger partial charge in [-0.05, 0) is 12.6 Å². The molecule has 0 N–H and O–H groups in total. The Bertz CT molecular complexity index is 507. The van der Waals surface area contributed by atoms with Crippen LogP contribution in [0.25, 0.3) is 0 Å². The van der Waals surface area contributed by atoms with Gasteiger partial charge in [-0.15, -0.1) is 0 Å². The Morgan fingerprint density at radius 1 is 1.09 bits per heavy atom. The number of rotatable bonds is 4. The minimum Gasteiger partial charge on any atom is -0.408 e. The molecule has 3 saturated heterocycles. The van der Waals surface area contributed by atoms with Gasteiger partial charge in [0, 0.05) is 0 Å². The summed E-state index contributed by atoms with van der Waals surface area (Å²) >= 11 is 0. The lowest BCUT2D eigenvalue weighted by molar-refractivity contribution is -0.0832. The smallest absolute Gasteiger partial charge is 0.408 e. The molecule has 3 fully saturated rings. The van der Waals surface area contributed by atoms with Crippen molar-refractivity contribution < 1.29 is 23.4 Å². The molecule has 5 atom stereocenters. The zero-order valence-corrected chi connectivity index (χ0v) is 12.7. The molecule has 10 heteroatoms. The van der Waals surface area contributed by atoms with Crippen LogP contribution in [-0.4, -0.2) is 60.0 Å². The number of ether oxygens (including phenoxy) is 1. The van der Waals surface area contributed by atoms with Crippen LogP contribution in [0.4, 0.5) is 0 Å². The van der Waals surface area contributed by atoms with E-state index in [0.29, 0.717) is 6.61 Å². The maximum Gasteiger partial charge on any atom is 0.457 e. The van der Waals surface area contributed by atoms with Gasteiger partial charge in [-0.1, -0.05) is 13.8 Å². The average Bonchev–Trinajstić information content (AvgIpc) is 3.29. The SMILES string of the molecule is CCB1OCC(C2OC(n3cncn3)C3OB(CC)OC23)O1. The van der Waals surface area contributed by atoms with E-state index in [9.17, 15) is 0 Å². The van der Waals surface area contributed by atoms with E-state index in [1.807, 2.05) is 13.8 Å². The van der Waals surface area contributed by atoms with E-state index < -0.39 is 0 Å². The molecule has 0 aliphatic carbocycles. The minimum atomic E-state index is -0.349. The molecule has 3 aliphatic heterocycles. The van der Waals surface area contributed by atoms with Gasteiger partial charge >= 0.3 is 14.2 Å². The summed E-state index contributed by atoms with van der Waals surface area (Å²) in [4.78, 5) is 3.99. The molecule has 0 spiro atoms. The lowest BCUT2D eigenvalue weighted by atomic mass is 9.86. The van der Waals surface area contributed by atoms with Gasteiger partial charge in [-0.3, -0.25) is 0 Å². The Hall–Kier alpha value is -0.930. The molecule has 0 bridgehead atoms. The van der Waals surface area contributed by atoms with Gasteiger partial charge < -0.3 is 23.4 Å². The summed E-state index contributed by atoms with van der Waals surface area (Å²) in [6.07, 6.45) is 3.62. The summed E-state index contributed by atoms with van der Waals surface area (Å²) in [5.74, 6) is 0. The Morgan fingerprint density at radius 2 is 1.91 bits per heavy atom. The zero-order valence-electron chi connectivity index (χ0n) is 12.7. The Balaban J connectivity index is 1.55. The van der Waals surface area contributed by atoms with E-state index >= 15 is 0 Å². The van der Waals surface area contributed by atoms with E-state index in [0.717, 1.165) is 12.6 Å². The van der Waals surface area contributed by atoms with Crippen molar-refractivity contribution >= 4 is 14.2 Å². The summed E-state index contributed by atoms with van der Waals surface area (Å²) in [5.41, 5.74) is 0. The number of nitrogens with zero attached hydrogens (tertiary/aromatic N) is 3. The first-order valence-corrected chi connectivity index (χ1v) is 7.87. The largest absolute Gasteiger partial charge is 0.457 e. The average molecular weight is 307 g/mol. The highest BCUT2D eigenvalue weighted by Crippen LogP contribution is 2.41. The predicted molar refractivity (Wildman–Crippen MR) is 77.0 cm³/mol. The Morgan fingerprint density at radius 3 is 2.59 bits per heavy atom. The van der Waals surface area contributed by atoms with Gasteiger partial charge in [0.1, 0.15) is 31.0 Å². The van der Waals surface area contributed by atoms with Crippen LogP contribution in [0.5, 0.6) is 0 Å². The van der Waals surface area contributed by atoms with Crippen molar-refractivity contribution in [1.29, 1.82) is 0 Å². The third-order valence-electron chi connectivity index (χ3n) is 4.35. The van der Waals surface area contributed by atoms with E-state index in [-0.39, 0.29) is 44.9 Å². The van der Waals surface area contributed by atoms with Gasteiger partial charge in [0.25, 0.3) is 0 Å². The van der Waals surface area contributed by atoms with Gasteiger partial charge in [0.05, 0.1) is 12.7 Å². The predicted octanol–water partition coefficient (Wildman–Crippen LogP) is 0.391. The van der Waals surface area contributed by atoms with E-state index in [2.05, 4.69) is 10.1 Å². The van der Waals surface area contributed by atoms with Crippen LogP contribution in [-0.2, 0) is 23.4 Å². The maximum absolute atomic E-state index is 6.15. The minimum absolute atomic E-state index is 0.148. The molecular weight excluding hydrogens is 288 g/mol. The quantitative estimate of drug-likeness (QED) is 0.745. The number of hydrogen-bond acceptors (Lipinski definition) is 7. The Kier molecular flexibility index (Phi) is 3.95. The standard InChI is InChI=1S/C12H19B2N3O5/c1-3-13-18-5-8(20-13)9-10-11(22-14(4-2)21-10)12(19-9)17-7-15-6-16-17/h6-12H,3-5H2,1-2H3. The molecule has 4 rings (SSSR count). The second kappa shape index (κ2) is 5.93.